The molecule has 0 saturated heterocycles. The summed E-state index contributed by atoms with van der Waals surface area (Å²) < 4.78 is 30.8. The number of amides is 1. The van der Waals surface area contributed by atoms with Crippen molar-refractivity contribution >= 4 is 44.1 Å². The number of nitrogens with zero attached hydrogens (tertiary/aromatic N) is 1. The third-order valence-electron chi connectivity index (χ3n) is 4.68. The highest BCUT2D eigenvalue weighted by Crippen LogP contribution is 2.44. The van der Waals surface area contributed by atoms with Crippen LogP contribution in [-0.4, -0.2) is 23.7 Å². The molecule has 0 bridgehead atoms. The van der Waals surface area contributed by atoms with Gasteiger partial charge in [0.25, 0.3) is 5.91 Å². The Bertz CT molecular complexity index is 1010. The van der Waals surface area contributed by atoms with Gasteiger partial charge in [0.2, 0.25) is 0 Å². The van der Waals surface area contributed by atoms with E-state index >= 15 is 0 Å². The summed E-state index contributed by atoms with van der Waals surface area (Å²) in [4.78, 5) is 13.9. The van der Waals surface area contributed by atoms with Crippen LogP contribution in [-0.2, 0) is 9.32 Å². The Hall–Kier alpha value is -2.59. The van der Waals surface area contributed by atoms with E-state index < -0.39 is 27.7 Å². The second-order valence-electron chi connectivity index (χ2n) is 8.12. The van der Waals surface area contributed by atoms with Crippen LogP contribution in [0.3, 0.4) is 0 Å². The molecule has 168 valence electrons. The van der Waals surface area contributed by atoms with Crippen LogP contribution in [0, 0.1) is 5.41 Å². The summed E-state index contributed by atoms with van der Waals surface area (Å²) in [6, 6.07) is 14.6. The molecule has 0 saturated carbocycles. The predicted molar refractivity (Wildman–Crippen MR) is 124 cm³/mol. The number of rotatable bonds is 8. The first-order valence-electron chi connectivity index (χ1n) is 10.0. The lowest BCUT2D eigenvalue weighted by Gasteiger charge is -2.35. The highest BCUT2D eigenvalue weighted by Gasteiger charge is 2.41. The van der Waals surface area contributed by atoms with Crippen LogP contribution in [0.4, 0.5) is 0 Å². The second-order valence-corrected chi connectivity index (χ2v) is 11.9. The van der Waals surface area contributed by atoms with E-state index in [0.717, 1.165) is 0 Å². The first-order chi connectivity index (χ1) is 15.4. The molecule has 9 heteroatoms. The average Bonchev–Trinajstić information content (AvgIpc) is 3.57. The third-order valence-corrected chi connectivity index (χ3v) is 8.56. The average molecular weight is 473 g/mol. The molecule has 0 aliphatic carbocycles. The van der Waals surface area contributed by atoms with E-state index in [-0.39, 0.29) is 5.91 Å². The predicted octanol–water partition coefficient (Wildman–Crippen LogP) is 4.34. The maximum atomic E-state index is 13.9. The maximum Gasteiger partial charge on any atom is 0.256 e. The molecule has 4 heterocycles. The second kappa shape index (κ2) is 9.50. The summed E-state index contributed by atoms with van der Waals surface area (Å²) in [7, 11) is -1.06. The van der Waals surface area contributed by atoms with Crippen LogP contribution in [0.1, 0.15) is 20.8 Å². The fraction of sp³-hybridized carbons (Fsp3) is 0.261. The lowest BCUT2D eigenvalue weighted by Crippen LogP contribution is -2.45. The third kappa shape index (κ3) is 4.75. The standard InChI is InChI=1S/C23H25NO6P2/c1-23(2,3)21(30-32(19-11-7-15-28-19)20-12-8-16-29-20)22(25)24(4)31(17-9-5-13-26-17)18-10-6-14-27-18/h5-16,21H,1-4H3/t21-/m0/s1. The molecule has 0 fully saturated rings. The molecule has 0 aliphatic rings. The number of hydrogen-bond acceptors (Lipinski definition) is 6. The Morgan fingerprint density at radius 2 is 1.22 bits per heavy atom. The van der Waals surface area contributed by atoms with Gasteiger partial charge in [-0.15, -0.1) is 0 Å². The normalized spacial score (nSPS) is 13.1. The first-order valence-corrected chi connectivity index (χ1v) is 12.6. The van der Waals surface area contributed by atoms with Gasteiger partial charge < -0.3 is 26.9 Å². The van der Waals surface area contributed by atoms with Gasteiger partial charge in [-0.2, -0.15) is 0 Å². The van der Waals surface area contributed by atoms with Crippen molar-refractivity contribution in [3.05, 3.63) is 73.6 Å². The summed E-state index contributed by atoms with van der Waals surface area (Å²) in [5.41, 5.74) is 2.08. The molecule has 7 nitrogen and oxygen atoms in total. The zero-order chi connectivity index (χ0) is 22.7. The van der Waals surface area contributed by atoms with E-state index in [1.54, 1.807) is 61.0 Å². The van der Waals surface area contributed by atoms with E-state index in [0.29, 0.717) is 22.0 Å². The minimum absolute atomic E-state index is 0.179. The van der Waals surface area contributed by atoms with Gasteiger partial charge in [-0.1, -0.05) is 20.8 Å². The monoisotopic (exact) mass is 473 g/mol. The summed E-state index contributed by atoms with van der Waals surface area (Å²) in [5.74, 6) is -0.179. The zero-order valence-electron chi connectivity index (χ0n) is 18.3. The molecular formula is C23H25NO6P2. The molecule has 4 aromatic rings. The highest BCUT2D eigenvalue weighted by atomic mass is 31.1. The van der Waals surface area contributed by atoms with Crippen LogP contribution in [0.5, 0.6) is 0 Å². The zero-order valence-corrected chi connectivity index (χ0v) is 20.1. The van der Waals surface area contributed by atoms with Crippen molar-refractivity contribution in [2.24, 2.45) is 5.41 Å². The molecular weight excluding hydrogens is 448 g/mol. The van der Waals surface area contributed by atoms with Crippen LogP contribution < -0.4 is 22.0 Å². The van der Waals surface area contributed by atoms with Gasteiger partial charge in [0.1, 0.15) is 14.2 Å². The van der Waals surface area contributed by atoms with E-state index in [4.69, 9.17) is 22.2 Å². The van der Waals surface area contributed by atoms with Crippen molar-refractivity contribution in [2.45, 2.75) is 26.9 Å². The van der Waals surface area contributed by atoms with Crippen molar-refractivity contribution < 1.29 is 27.0 Å². The van der Waals surface area contributed by atoms with Gasteiger partial charge in [0.15, 0.2) is 30.2 Å². The molecule has 0 N–H and O–H groups in total. The Morgan fingerprint density at radius 3 is 1.56 bits per heavy atom. The molecule has 0 spiro atoms. The molecule has 32 heavy (non-hydrogen) atoms. The Morgan fingerprint density at radius 1 is 0.812 bits per heavy atom. The topological polar surface area (TPSA) is 82.1 Å². The summed E-state index contributed by atoms with van der Waals surface area (Å²) >= 11 is 0. The molecule has 0 aromatic carbocycles. The van der Waals surface area contributed by atoms with Gasteiger partial charge in [-0.25, -0.2) is 0 Å². The van der Waals surface area contributed by atoms with Crippen molar-refractivity contribution in [2.75, 3.05) is 7.05 Å². The van der Waals surface area contributed by atoms with Crippen molar-refractivity contribution in [1.29, 1.82) is 0 Å². The summed E-state index contributed by atoms with van der Waals surface area (Å²) in [5, 5.41) is 0. The number of carbonyl (C=O) groups is 1. The summed E-state index contributed by atoms with van der Waals surface area (Å²) in [6.07, 6.45) is 5.59. The Balaban J connectivity index is 1.67. The molecule has 0 unspecified atom stereocenters. The quantitative estimate of drug-likeness (QED) is 0.354. The smallest absolute Gasteiger partial charge is 0.256 e. The lowest BCUT2D eigenvalue weighted by atomic mass is 9.89. The van der Waals surface area contributed by atoms with Crippen molar-refractivity contribution in [3.63, 3.8) is 0 Å². The minimum atomic E-state index is -1.47. The largest absolute Gasteiger partial charge is 0.462 e. The van der Waals surface area contributed by atoms with Crippen LogP contribution in [0.25, 0.3) is 0 Å². The summed E-state index contributed by atoms with van der Waals surface area (Å²) in [6.45, 7) is 5.93. The Labute approximate surface area is 189 Å². The molecule has 1 amide bonds. The van der Waals surface area contributed by atoms with Gasteiger partial charge in [0.05, 0.1) is 25.1 Å². The SMILES string of the molecule is CN(C(=O)[C@H](OP(c1ccco1)c1ccco1)C(C)(C)C)P(c1ccco1)c1ccco1. The molecule has 4 aromatic heterocycles. The van der Waals surface area contributed by atoms with Crippen molar-refractivity contribution in [3.8, 4) is 0 Å². The van der Waals surface area contributed by atoms with Crippen molar-refractivity contribution in [1.82, 2.24) is 4.67 Å². The van der Waals surface area contributed by atoms with Gasteiger partial charge in [0, 0.05) is 7.05 Å². The van der Waals surface area contributed by atoms with Crippen LogP contribution >= 0.6 is 16.2 Å². The number of furan rings is 4. The van der Waals surface area contributed by atoms with E-state index in [1.807, 2.05) is 45.0 Å². The van der Waals surface area contributed by atoms with Crippen LogP contribution in [0.2, 0.25) is 0 Å². The number of carbonyl (C=O) groups excluding carboxylic acids is 1. The number of likely N-dealkylation sites (N-methyl/N-ethyl adjacent to an activating group) is 1. The molecule has 0 aliphatic heterocycles. The fourth-order valence-corrected chi connectivity index (χ4v) is 6.80. The molecule has 0 radical (unpaired) electrons. The maximum absolute atomic E-state index is 13.9. The van der Waals surface area contributed by atoms with E-state index in [2.05, 4.69) is 0 Å². The minimum Gasteiger partial charge on any atom is -0.462 e. The number of hydrogen-bond donors (Lipinski definition) is 0. The van der Waals surface area contributed by atoms with E-state index in [9.17, 15) is 4.79 Å². The Kier molecular flexibility index (Phi) is 6.71. The molecule has 1 atom stereocenters. The fourth-order valence-electron chi connectivity index (χ4n) is 3.12. The van der Waals surface area contributed by atoms with Gasteiger partial charge >= 0.3 is 0 Å². The highest BCUT2D eigenvalue weighted by molar-refractivity contribution is 7.70. The van der Waals surface area contributed by atoms with Gasteiger partial charge in [-0.3, -0.25) is 4.79 Å². The van der Waals surface area contributed by atoms with Gasteiger partial charge in [-0.05, 0) is 53.9 Å². The van der Waals surface area contributed by atoms with E-state index in [1.165, 1.54) is 0 Å². The van der Waals surface area contributed by atoms with Crippen LogP contribution in [0.15, 0.2) is 91.3 Å². The first kappa shape index (κ1) is 22.6. The lowest BCUT2D eigenvalue weighted by molar-refractivity contribution is -0.136. The molecule has 4 rings (SSSR count).